The Morgan fingerprint density at radius 2 is 1.33 bits per heavy atom. The molecule has 0 heterocycles. The summed E-state index contributed by atoms with van der Waals surface area (Å²) >= 11 is 0. The summed E-state index contributed by atoms with van der Waals surface area (Å²) in [6.07, 6.45) is 43.2. The van der Waals surface area contributed by atoms with Gasteiger partial charge in [0.1, 0.15) is 6.29 Å². The highest BCUT2D eigenvalue weighted by atomic mass is 28.4. The molecule has 19 atom stereocenters. The number of methoxy groups -OCH3 is 1. The summed E-state index contributed by atoms with van der Waals surface area (Å²) in [7, 11) is 1.64. The van der Waals surface area contributed by atoms with Crippen LogP contribution in [0.25, 0.3) is 0 Å². The zero-order valence-electron chi connectivity index (χ0n) is 49.5. The van der Waals surface area contributed by atoms with Crippen LogP contribution in [-0.4, -0.2) is 65.8 Å². The fraction of sp³-hybridized carbons (Fsp3) is 0.939. The molecule has 0 N–H and O–H groups in total. The normalized spacial score (nSPS) is 41.2. The Morgan fingerprint density at radius 3 is 2.00 bits per heavy atom. The van der Waals surface area contributed by atoms with Gasteiger partial charge < -0.3 is 18.3 Å². The first-order chi connectivity index (χ1) is 34.3. The number of fused-ring (bicyclic) bond motifs is 10. The van der Waals surface area contributed by atoms with Crippen LogP contribution < -0.4 is 0 Å². The molecule has 0 aromatic heterocycles. The molecule has 8 aliphatic rings. The molecule has 72 heavy (non-hydrogen) atoms. The highest BCUT2D eigenvalue weighted by molar-refractivity contribution is 6.64. The topological polar surface area (TPSA) is 40.2 Å². The van der Waals surface area contributed by atoms with Gasteiger partial charge in [-0.05, 0) is 267 Å². The number of terminal acetylenes is 1. The molecule has 8 aliphatic carbocycles. The molecule has 8 rings (SSSR count). The van der Waals surface area contributed by atoms with Crippen LogP contribution >= 0.6 is 0 Å². The fourth-order valence-corrected chi connectivity index (χ4v) is 22.0. The van der Waals surface area contributed by atoms with E-state index in [9.17, 15) is 0 Å². The molecule has 15 unspecified atom stereocenters. The van der Waals surface area contributed by atoms with Crippen molar-refractivity contribution in [1.29, 1.82) is 0 Å². The minimum atomic E-state index is -2.44. The quantitative estimate of drug-likeness (QED) is 0.0317. The van der Waals surface area contributed by atoms with Gasteiger partial charge in [-0.1, -0.05) is 106 Å². The van der Waals surface area contributed by atoms with Crippen LogP contribution in [0.5, 0.6) is 0 Å². The Balaban J connectivity index is 0.900. The van der Waals surface area contributed by atoms with Crippen LogP contribution in [0.15, 0.2) is 11.6 Å². The molecule has 0 spiro atoms. The van der Waals surface area contributed by atoms with E-state index in [1.807, 2.05) is 7.11 Å². The number of ether oxygens (including phenoxy) is 2. The molecular formula is C66H115NO4Si. The van der Waals surface area contributed by atoms with E-state index < -0.39 is 8.56 Å². The zero-order valence-corrected chi connectivity index (χ0v) is 50.5. The minimum Gasteiger partial charge on any atom is -0.394 e. The van der Waals surface area contributed by atoms with Gasteiger partial charge in [0.15, 0.2) is 0 Å². The fourth-order valence-electron chi connectivity index (χ4n) is 20.5. The molecule has 0 saturated heterocycles. The van der Waals surface area contributed by atoms with Crippen molar-refractivity contribution in [3.8, 4) is 12.3 Å². The summed E-state index contributed by atoms with van der Waals surface area (Å²) in [5.41, 5.74) is 3.59. The molecule has 0 amide bonds. The van der Waals surface area contributed by atoms with Crippen LogP contribution in [0.1, 0.15) is 229 Å². The summed E-state index contributed by atoms with van der Waals surface area (Å²) in [5, 5.41) is 0. The van der Waals surface area contributed by atoms with Gasteiger partial charge in [0, 0.05) is 13.7 Å². The summed E-state index contributed by atoms with van der Waals surface area (Å²) in [4.78, 5) is 2.25. The molecule has 0 radical (unpaired) electrons. The Labute approximate surface area is 447 Å². The van der Waals surface area contributed by atoms with E-state index in [0.29, 0.717) is 33.7 Å². The first kappa shape index (κ1) is 57.5. The summed E-state index contributed by atoms with van der Waals surface area (Å²) < 4.78 is 27.4. The third-order valence-corrected chi connectivity index (χ3v) is 26.6. The Hall–Kier alpha value is -0.683. The van der Waals surface area contributed by atoms with Crippen molar-refractivity contribution >= 4 is 8.56 Å². The molecule has 0 aliphatic heterocycles. The van der Waals surface area contributed by atoms with Gasteiger partial charge in [-0.2, -0.15) is 0 Å². The molecule has 6 heteroatoms. The van der Waals surface area contributed by atoms with Crippen LogP contribution in [0.2, 0.25) is 13.1 Å². The Morgan fingerprint density at radius 1 is 0.708 bits per heavy atom. The molecule has 412 valence electrons. The van der Waals surface area contributed by atoms with Gasteiger partial charge in [0.05, 0.1) is 18.8 Å². The largest absolute Gasteiger partial charge is 0.394 e. The smallest absolute Gasteiger partial charge is 0.333 e. The number of hydrogen-bond donors (Lipinski definition) is 0. The molecule has 7 saturated carbocycles. The number of allylic oxidation sites excluding steroid dienone is 1. The highest BCUT2D eigenvalue weighted by Gasteiger charge is 2.62. The molecule has 0 aromatic carbocycles. The van der Waals surface area contributed by atoms with Crippen LogP contribution in [0.4, 0.5) is 0 Å². The third-order valence-electron chi connectivity index (χ3n) is 24.9. The van der Waals surface area contributed by atoms with Crippen molar-refractivity contribution in [3.05, 3.63) is 11.6 Å². The second kappa shape index (κ2) is 24.1. The van der Waals surface area contributed by atoms with Gasteiger partial charge in [-0.3, -0.25) is 4.90 Å². The highest BCUT2D eigenvalue weighted by Crippen LogP contribution is 2.70. The van der Waals surface area contributed by atoms with Crippen molar-refractivity contribution in [2.45, 2.75) is 261 Å². The number of hydrogen-bond acceptors (Lipinski definition) is 5. The van der Waals surface area contributed by atoms with E-state index in [0.717, 1.165) is 110 Å². The lowest BCUT2D eigenvalue weighted by Gasteiger charge is -2.61. The Bertz CT molecular complexity index is 1810. The summed E-state index contributed by atoms with van der Waals surface area (Å²) in [6.45, 7) is 30.7. The van der Waals surface area contributed by atoms with E-state index in [1.165, 1.54) is 148 Å². The van der Waals surface area contributed by atoms with E-state index in [-0.39, 0.29) is 12.4 Å². The van der Waals surface area contributed by atoms with E-state index in [1.54, 1.807) is 5.57 Å². The van der Waals surface area contributed by atoms with E-state index in [2.05, 4.69) is 99.4 Å². The van der Waals surface area contributed by atoms with E-state index >= 15 is 0 Å². The van der Waals surface area contributed by atoms with Crippen LogP contribution in [0.3, 0.4) is 0 Å². The third kappa shape index (κ3) is 12.0. The molecule has 0 bridgehead atoms. The van der Waals surface area contributed by atoms with Crippen molar-refractivity contribution in [2.75, 3.05) is 33.9 Å². The summed E-state index contributed by atoms with van der Waals surface area (Å²) in [5.74, 6) is 13.9. The first-order valence-electron chi connectivity index (χ1n) is 31.6. The van der Waals surface area contributed by atoms with Gasteiger partial charge in [-0.25, -0.2) is 0 Å². The van der Waals surface area contributed by atoms with E-state index in [4.69, 9.17) is 24.7 Å². The van der Waals surface area contributed by atoms with Gasteiger partial charge in [0.25, 0.3) is 0 Å². The predicted octanol–water partition coefficient (Wildman–Crippen LogP) is 17.3. The second-order valence-electron chi connectivity index (χ2n) is 29.2. The Kier molecular flexibility index (Phi) is 19.3. The SMILES string of the molecule is C#CCN(C)CCCCCCO[Si](C)(C)OC(CC[C@H](C)C1CCC2C3CCC4C[C@@H](OC)CC[C@@]4(C)C3CC[C@]21C)OC1CCC2(C)C(=CCC3C2CCC2(C)C(C(C)CCC(CC)C(C)C)CCC32)C1. The van der Waals surface area contributed by atoms with Gasteiger partial charge in [0.2, 0.25) is 0 Å². The predicted molar refractivity (Wildman–Crippen MR) is 305 cm³/mol. The van der Waals surface area contributed by atoms with Gasteiger partial charge >= 0.3 is 8.56 Å². The molecular weight excluding hydrogens is 899 g/mol. The lowest BCUT2D eigenvalue weighted by molar-refractivity contribution is -0.153. The molecule has 0 aromatic rings. The first-order valence-corrected chi connectivity index (χ1v) is 34.4. The van der Waals surface area contributed by atoms with Crippen molar-refractivity contribution in [3.63, 3.8) is 0 Å². The average Bonchev–Trinajstić information content (AvgIpc) is 3.89. The maximum absolute atomic E-state index is 7.40. The molecule has 5 nitrogen and oxygen atoms in total. The maximum Gasteiger partial charge on any atom is 0.333 e. The van der Waals surface area contributed by atoms with Crippen molar-refractivity contribution < 1.29 is 18.3 Å². The summed E-state index contributed by atoms with van der Waals surface area (Å²) in [6, 6.07) is 0. The lowest BCUT2D eigenvalue weighted by atomic mass is 9.44. The van der Waals surface area contributed by atoms with Gasteiger partial charge in [-0.15, -0.1) is 6.42 Å². The lowest BCUT2D eigenvalue weighted by Crippen LogP contribution is -2.54. The standard InChI is InChI=1S/C66H115NO4Si/c1-15-41-67(11)42-19-17-18-20-43-69-72(13,14)71-62(32-22-48(6)57-29-31-59-54-26-24-50-44-52(68-12)33-37-63(50,7)60(54)35-40-66(57,59)10)70-53-34-38-64(8)51(45-53)25-27-55-58-30-28-56(65(58,9)39-36-61(55)64)47(5)21-23-49(16-2)46(3)4/h1,25,46-50,52-62H,16-24,26-45H2,2-14H3/t47?,48-,49?,50?,52-,53?,54?,55?,56?,57?,58?,59?,60?,61?,62?,63+,64?,65?,66-/m0/s1. The van der Waals surface area contributed by atoms with Crippen LogP contribution in [-0.2, 0) is 18.3 Å². The van der Waals surface area contributed by atoms with Crippen molar-refractivity contribution in [1.82, 2.24) is 4.90 Å². The number of unbranched alkanes of at least 4 members (excludes halogenated alkanes) is 3. The second-order valence-corrected chi connectivity index (χ2v) is 32.5. The van der Waals surface area contributed by atoms with Crippen molar-refractivity contribution in [2.24, 2.45) is 98.6 Å². The minimum absolute atomic E-state index is 0.189. The average molecular weight is 1010 g/mol. The molecule has 7 fully saturated rings. The van der Waals surface area contributed by atoms with Crippen LogP contribution in [0, 0.1) is 111 Å². The zero-order chi connectivity index (χ0) is 51.6. The number of rotatable bonds is 24. The maximum atomic E-state index is 7.40. The monoisotopic (exact) mass is 1010 g/mol. The number of nitrogens with zero attached hydrogens (tertiary/aromatic N) is 1.